The number of anilines is 2. The van der Waals surface area contributed by atoms with E-state index in [1.165, 1.54) is 18.2 Å². The third kappa shape index (κ3) is 3.99. The van der Waals surface area contributed by atoms with Crippen LogP contribution in [0, 0.1) is 11.6 Å². The van der Waals surface area contributed by atoms with Crippen LogP contribution in [0.2, 0.25) is 0 Å². The number of fused-ring (bicyclic) bond motifs is 1. The maximum Gasteiger partial charge on any atom is 0.257 e. The maximum atomic E-state index is 14.3. The number of para-hydroxylation sites is 1. The standard InChI is InChI=1S/C24H24F2N4OS/c25-17-5-6-21-18(15-17)23(19(16-27-21)24(31)30-11-13-32-14-12-30)29-9-7-28(8-10-29)22-4-2-1-3-20(22)26/h1-6,15-16H,7-14H2. The Bertz CT molecular complexity index is 1140. The molecule has 3 aromatic rings. The lowest BCUT2D eigenvalue weighted by atomic mass is 10.1. The second kappa shape index (κ2) is 8.94. The lowest BCUT2D eigenvalue weighted by molar-refractivity contribution is 0.0772. The van der Waals surface area contributed by atoms with Crippen LogP contribution < -0.4 is 9.80 Å². The first-order valence-corrected chi connectivity index (χ1v) is 12.0. The number of nitrogens with zero attached hydrogens (tertiary/aromatic N) is 4. The van der Waals surface area contributed by atoms with Gasteiger partial charge in [0.05, 0.1) is 22.5 Å². The zero-order valence-corrected chi connectivity index (χ0v) is 18.5. The number of amides is 1. The van der Waals surface area contributed by atoms with Crippen LogP contribution in [-0.4, -0.2) is 66.6 Å². The second-order valence-electron chi connectivity index (χ2n) is 8.01. The van der Waals surface area contributed by atoms with Crippen molar-refractivity contribution >= 4 is 39.9 Å². The molecule has 0 atom stereocenters. The minimum Gasteiger partial charge on any atom is -0.367 e. The van der Waals surface area contributed by atoms with Gasteiger partial charge in [-0.3, -0.25) is 9.78 Å². The largest absolute Gasteiger partial charge is 0.367 e. The van der Waals surface area contributed by atoms with E-state index in [2.05, 4.69) is 9.88 Å². The van der Waals surface area contributed by atoms with Crippen molar-refractivity contribution in [3.63, 3.8) is 0 Å². The Morgan fingerprint density at radius 3 is 2.38 bits per heavy atom. The summed E-state index contributed by atoms with van der Waals surface area (Å²) in [6.45, 7) is 3.80. The van der Waals surface area contributed by atoms with Gasteiger partial charge in [0.2, 0.25) is 0 Å². The van der Waals surface area contributed by atoms with Crippen molar-refractivity contribution in [3.05, 3.63) is 65.9 Å². The van der Waals surface area contributed by atoms with Crippen LogP contribution in [0.4, 0.5) is 20.2 Å². The van der Waals surface area contributed by atoms with Gasteiger partial charge in [-0.1, -0.05) is 12.1 Å². The highest BCUT2D eigenvalue weighted by atomic mass is 32.2. The molecule has 2 fully saturated rings. The van der Waals surface area contributed by atoms with Crippen LogP contribution in [-0.2, 0) is 0 Å². The molecule has 3 heterocycles. The number of thioether (sulfide) groups is 1. The van der Waals surface area contributed by atoms with Crippen molar-refractivity contribution in [1.29, 1.82) is 0 Å². The number of rotatable bonds is 3. The quantitative estimate of drug-likeness (QED) is 0.598. The van der Waals surface area contributed by atoms with E-state index < -0.39 is 0 Å². The number of benzene rings is 2. The number of hydrogen-bond acceptors (Lipinski definition) is 5. The molecule has 0 saturated carbocycles. The summed E-state index contributed by atoms with van der Waals surface area (Å²) in [5.74, 6) is 1.17. The normalized spacial score (nSPS) is 17.1. The van der Waals surface area contributed by atoms with Gasteiger partial charge in [0.1, 0.15) is 11.6 Å². The van der Waals surface area contributed by atoms with E-state index in [-0.39, 0.29) is 17.5 Å². The summed E-state index contributed by atoms with van der Waals surface area (Å²) in [5, 5.41) is 0.640. The number of halogens is 2. The summed E-state index contributed by atoms with van der Waals surface area (Å²) in [7, 11) is 0. The van der Waals surface area contributed by atoms with Gasteiger partial charge in [-0.05, 0) is 30.3 Å². The Kier molecular flexibility index (Phi) is 5.87. The Morgan fingerprint density at radius 1 is 0.906 bits per heavy atom. The number of pyridine rings is 1. The van der Waals surface area contributed by atoms with Gasteiger partial charge in [-0.15, -0.1) is 0 Å². The Hall–Kier alpha value is -2.87. The monoisotopic (exact) mass is 454 g/mol. The summed E-state index contributed by atoms with van der Waals surface area (Å²) in [6.07, 6.45) is 1.63. The molecular formula is C24H24F2N4OS. The molecule has 5 nitrogen and oxygen atoms in total. The van der Waals surface area contributed by atoms with Gasteiger partial charge in [-0.25, -0.2) is 8.78 Å². The average molecular weight is 455 g/mol. The zero-order valence-electron chi connectivity index (χ0n) is 17.6. The van der Waals surface area contributed by atoms with Crippen LogP contribution in [0.5, 0.6) is 0 Å². The maximum absolute atomic E-state index is 14.3. The van der Waals surface area contributed by atoms with Gasteiger partial charge < -0.3 is 14.7 Å². The molecule has 0 spiro atoms. The minimum atomic E-state index is -0.357. The molecule has 2 saturated heterocycles. The molecule has 8 heteroatoms. The number of piperazine rings is 1. The summed E-state index contributed by atoms with van der Waals surface area (Å²) in [4.78, 5) is 23.9. The zero-order chi connectivity index (χ0) is 22.1. The molecule has 0 unspecified atom stereocenters. The molecule has 1 aromatic heterocycles. The van der Waals surface area contributed by atoms with Crippen molar-refractivity contribution in [1.82, 2.24) is 9.88 Å². The number of hydrogen-bond donors (Lipinski definition) is 0. The molecule has 2 aliphatic rings. The Morgan fingerprint density at radius 2 is 1.62 bits per heavy atom. The number of carbonyl (C=O) groups excluding carboxylic acids is 1. The third-order valence-corrected chi connectivity index (χ3v) is 7.06. The second-order valence-corrected chi connectivity index (χ2v) is 9.24. The minimum absolute atomic E-state index is 0.0597. The highest BCUT2D eigenvalue weighted by Crippen LogP contribution is 2.33. The molecule has 2 aliphatic heterocycles. The first kappa shape index (κ1) is 21.0. The molecule has 166 valence electrons. The lowest BCUT2D eigenvalue weighted by Gasteiger charge is -2.39. The highest BCUT2D eigenvalue weighted by molar-refractivity contribution is 7.99. The molecular weight excluding hydrogens is 430 g/mol. The smallest absolute Gasteiger partial charge is 0.257 e. The molecule has 32 heavy (non-hydrogen) atoms. The molecule has 0 N–H and O–H groups in total. The van der Waals surface area contributed by atoms with E-state index in [0.717, 1.165) is 17.2 Å². The van der Waals surface area contributed by atoms with E-state index in [4.69, 9.17) is 0 Å². The van der Waals surface area contributed by atoms with E-state index in [9.17, 15) is 13.6 Å². The van der Waals surface area contributed by atoms with E-state index >= 15 is 0 Å². The summed E-state index contributed by atoms with van der Waals surface area (Å²) in [5.41, 5.74) is 2.48. The summed E-state index contributed by atoms with van der Waals surface area (Å²) < 4.78 is 28.5. The molecule has 0 radical (unpaired) electrons. The molecule has 0 aliphatic carbocycles. The van der Waals surface area contributed by atoms with E-state index in [1.807, 2.05) is 27.6 Å². The Labute approximate surface area is 190 Å². The van der Waals surface area contributed by atoms with Gasteiger partial charge >= 0.3 is 0 Å². The fourth-order valence-corrected chi connectivity index (χ4v) is 5.37. The SMILES string of the molecule is O=C(c1cnc2ccc(F)cc2c1N1CCN(c2ccccc2F)CC1)N1CCSCC1. The van der Waals surface area contributed by atoms with Crippen molar-refractivity contribution in [2.24, 2.45) is 0 Å². The van der Waals surface area contributed by atoms with Crippen molar-refractivity contribution < 1.29 is 13.6 Å². The summed E-state index contributed by atoms with van der Waals surface area (Å²) in [6, 6.07) is 11.3. The van der Waals surface area contributed by atoms with E-state index in [0.29, 0.717) is 61.4 Å². The first-order valence-electron chi connectivity index (χ1n) is 10.8. The fourth-order valence-electron chi connectivity index (χ4n) is 4.46. The average Bonchev–Trinajstić information content (AvgIpc) is 2.84. The lowest BCUT2D eigenvalue weighted by Crippen LogP contribution is -2.48. The van der Waals surface area contributed by atoms with E-state index in [1.54, 1.807) is 24.4 Å². The van der Waals surface area contributed by atoms with Crippen LogP contribution in [0.15, 0.2) is 48.7 Å². The molecule has 2 aromatic carbocycles. The summed E-state index contributed by atoms with van der Waals surface area (Å²) >= 11 is 1.84. The predicted molar refractivity (Wildman–Crippen MR) is 126 cm³/mol. The number of aromatic nitrogens is 1. The third-order valence-electron chi connectivity index (χ3n) is 6.12. The molecule has 0 bridgehead atoms. The van der Waals surface area contributed by atoms with Crippen LogP contribution in [0.3, 0.4) is 0 Å². The molecule has 5 rings (SSSR count). The van der Waals surface area contributed by atoms with Crippen LogP contribution in [0.1, 0.15) is 10.4 Å². The first-order chi connectivity index (χ1) is 15.6. The van der Waals surface area contributed by atoms with Crippen LogP contribution in [0.25, 0.3) is 10.9 Å². The van der Waals surface area contributed by atoms with Gasteiger partial charge in [0.25, 0.3) is 5.91 Å². The van der Waals surface area contributed by atoms with Crippen molar-refractivity contribution in [2.75, 3.05) is 60.6 Å². The predicted octanol–water partition coefficient (Wildman–Crippen LogP) is 4.03. The van der Waals surface area contributed by atoms with Crippen molar-refractivity contribution in [2.45, 2.75) is 0 Å². The topological polar surface area (TPSA) is 39.7 Å². The highest BCUT2D eigenvalue weighted by Gasteiger charge is 2.28. The van der Waals surface area contributed by atoms with Gasteiger partial charge in [0.15, 0.2) is 0 Å². The Balaban J connectivity index is 1.50. The van der Waals surface area contributed by atoms with Crippen LogP contribution >= 0.6 is 11.8 Å². The van der Waals surface area contributed by atoms with Gasteiger partial charge in [-0.2, -0.15) is 11.8 Å². The fraction of sp³-hybridized carbons (Fsp3) is 0.333. The number of carbonyl (C=O) groups is 1. The van der Waals surface area contributed by atoms with Crippen molar-refractivity contribution in [3.8, 4) is 0 Å². The van der Waals surface area contributed by atoms with Gasteiger partial charge in [0, 0.05) is 62.4 Å². The molecule has 1 amide bonds.